The fraction of sp³-hybridized carbons (Fsp3) is 0.300. The normalized spacial score (nSPS) is 16.4. The summed E-state index contributed by atoms with van der Waals surface area (Å²) < 4.78 is 26.2. The zero-order valence-corrected chi connectivity index (χ0v) is 9.29. The van der Waals surface area contributed by atoms with E-state index < -0.39 is 10.0 Å². The predicted octanol–water partition coefficient (Wildman–Crippen LogP) is -0.192. The van der Waals surface area contributed by atoms with E-state index in [0.29, 0.717) is 18.7 Å². The SMILES string of the molecule is N#Cc1ccc(S(=O)(=O)NC2CNC2)cc1. The molecule has 2 N–H and O–H groups in total. The van der Waals surface area contributed by atoms with Gasteiger partial charge in [-0.1, -0.05) is 0 Å². The molecule has 1 heterocycles. The lowest BCUT2D eigenvalue weighted by atomic mass is 10.2. The Morgan fingerprint density at radius 1 is 1.31 bits per heavy atom. The van der Waals surface area contributed by atoms with Gasteiger partial charge in [-0.3, -0.25) is 0 Å². The van der Waals surface area contributed by atoms with Gasteiger partial charge < -0.3 is 5.32 Å². The molecule has 1 saturated heterocycles. The highest BCUT2D eigenvalue weighted by molar-refractivity contribution is 7.89. The largest absolute Gasteiger partial charge is 0.313 e. The summed E-state index contributed by atoms with van der Waals surface area (Å²) in [6.45, 7) is 1.32. The minimum absolute atomic E-state index is 0.0272. The number of hydrogen-bond donors (Lipinski definition) is 2. The van der Waals surface area contributed by atoms with Gasteiger partial charge in [0.25, 0.3) is 0 Å². The van der Waals surface area contributed by atoms with Gasteiger partial charge >= 0.3 is 0 Å². The summed E-state index contributed by atoms with van der Waals surface area (Å²) in [5, 5.41) is 11.6. The lowest BCUT2D eigenvalue weighted by Gasteiger charge is -2.27. The molecule has 0 amide bonds. The van der Waals surface area contributed by atoms with E-state index in [9.17, 15) is 8.42 Å². The van der Waals surface area contributed by atoms with Crippen molar-refractivity contribution in [3.8, 4) is 6.07 Å². The third kappa shape index (κ3) is 2.22. The van der Waals surface area contributed by atoms with E-state index in [1.165, 1.54) is 24.3 Å². The standard InChI is InChI=1S/C10H11N3O2S/c11-5-8-1-3-10(4-2-8)16(14,15)13-9-6-12-7-9/h1-4,9,12-13H,6-7H2. The van der Waals surface area contributed by atoms with Gasteiger partial charge in [0.2, 0.25) is 10.0 Å². The van der Waals surface area contributed by atoms with Crippen molar-refractivity contribution in [2.75, 3.05) is 13.1 Å². The van der Waals surface area contributed by atoms with Gasteiger partial charge in [0.1, 0.15) is 0 Å². The molecule has 16 heavy (non-hydrogen) atoms. The van der Waals surface area contributed by atoms with E-state index in [0.717, 1.165) is 0 Å². The van der Waals surface area contributed by atoms with Gasteiger partial charge in [0.05, 0.1) is 16.5 Å². The van der Waals surface area contributed by atoms with Gasteiger partial charge in [-0.15, -0.1) is 0 Å². The van der Waals surface area contributed by atoms with Crippen LogP contribution in [0, 0.1) is 11.3 Å². The van der Waals surface area contributed by atoms with Crippen LogP contribution in [0.15, 0.2) is 29.2 Å². The molecule has 0 unspecified atom stereocenters. The molecule has 0 aromatic heterocycles. The number of nitrogens with one attached hydrogen (secondary N) is 2. The first-order valence-electron chi connectivity index (χ1n) is 4.85. The highest BCUT2D eigenvalue weighted by Gasteiger charge is 2.24. The number of hydrogen-bond acceptors (Lipinski definition) is 4. The summed E-state index contributed by atoms with van der Waals surface area (Å²) in [6.07, 6.45) is 0. The summed E-state index contributed by atoms with van der Waals surface area (Å²) in [5.74, 6) is 0. The third-order valence-corrected chi connectivity index (χ3v) is 3.93. The zero-order chi connectivity index (χ0) is 11.6. The van der Waals surface area contributed by atoms with E-state index in [2.05, 4.69) is 10.0 Å². The first kappa shape index (κ1) is 11.1. The van der Waals surface area contributed by atoms with Crippen LogP contribution in [-0.2, 0) is 10.0 Å². The van der Waals surface area contributed by atoms with Crippen LogP contribution >= 0.6 is 0 Å². The average molecular weight is 237 g/mol. The summed E-state index contributed by atoms with van der Waals surface area (Å²) >= 11 is 0. The smallest absolute Gasteiger partial charge is 0.240 e. The second-order valence-corrected chi connectivity index (χ2v) is 5.33. The molecule has 1 aliphatic rings. The Kier molecular flexibility index (Phi) is 2.92. The molecule has 1 aliphatic heterocycles. The van der Waals surface area contributed by atoms with Crippen molar-refractivity contribution in [3.05, 3.63) is 29.8 Å². The average Bonchev–Trinajstić information content (AvgIpc) is 2.24. The summed E-state index contributed by atoms with van der Waals surface area (Å²) in [5.41, 5.74) is 0.448. The Morgan fingerprint density at radius 2 is 1.94 bits per heavy atom. The van der Waals surface area contributed by atoms with Crippen molar-refractivity contribution in [1.29, 1.82) is 5.26 Å². The molecular weight excluding hydrogens is 226 g/mol. The van der Waals surface area contributed by atoms with Crippen LogP contribution in [0.5, 0.6) is 0 Å². The fourth-order valence-electron chi connectivity index (χ4n) is 1.37. The van der Waals surface area contributed by atoms with E-state index in [4.69, 9.17) is 5.26 Å². The molecule has 0 aliphatic carbocycles. The van der Waals surface area contributed by atoms with Crippen LogP contribution in [-0.4, -0.2) is 27.5 Å². The molecule has 84 valence electrons. The molecule has 5 nitrogen and oxygen atoms in total. The fourth-order valence-corrected chi connectivity index (χ4v) is 2.60. The second-order valence-electron chi connectivity index (χ2n) is 3.61. The Hall–Kier alpha value is -1.42. The number of benzene rings is 1. The van der Waals surface area contributed by atoms with Crippen molar-refractivity contribution in [1.82, 2.24) is 10.0 Å². The van der Waals surface area contributed by atoms with E-state index >= 15 is 0 Å². The monoisotopic (exact) mass is 237 g/mol. The van der Waals surface area contributed by atoms with Crippen LogP contribution in [0.2, 0.25) is 0 Å². The summed E-state index contributed by atoms with van der Waals surface area (Å²) in [6, 6.07) is 7.78. The van der Waals surface area contributed by atoms with E-state index in [-0.39, 0.29) is 10.9 Å². The quantitative estimate of drug-likeness (QED) is 0.763. The topological polar surface area (TPSA) is 82.0 Å². The maximum Gasteiger partial charge on any atom is 0.240 e. The van der Waals surface area contributed by atoms with Crippen molar-refractivity contribution in [2.45, 2.75) is 10.9 Å². The van der Waals surface area contributed by atoms with Gasteiger partial charge in [-0.2, -0.15) is 5.26 Å². The highest BCUT2D eigenvalue weighted by Crippen LogP contribution is 2.11. The molecule has 2 rings (SSSR count). The Morgan fingerprint density at radius 3 is 2.38 bits per heavy atom. The molecule has 1 aromatic rings. The van der Waals surface area contributed by atoms with Crippen LogP contribution in [0.4, 0.5) is 0 Å². The summed E-state index contributed by atoms with van der Waals surface area (Å²) in [7, 11) is -3.44. The van der Waals surface area contributed by atoms with Crippen LogP contribution < -0.4 is 10.0 Å². The van der Waals surface area contributed by atoms with Crippen LogP contribution in [0.3, 0.4) is 0 Å². The molecule has 6 heteroatoms. The predicted molar refractivity (Wildman–Crippen MR) is 58.1 cm³/mol. The minimum Gasteiger partial charge on any atom is -0.313 e. The molecule has 1 aromatic carbocycles. The van der Waals surface area contributed by atoms with Gasteiger partial charge in [-0.05, 0) is 24.3 Å². The van der Waals surface area contributed by atoms with E-state index in [1.807, 2.05) is 6.07 Å². The molecule has 0 saturated carbocycles. The zero-order valence-electron chi connectivity index (χ0n) is 8.47. The van der Waals surface area contributed by atoms with Crippen LogP contribution in [0.1, 0.15) is 5.56 Å². The van der Waals surface area contributed by atoms with Crippen molar-refractivity contribution >= 4 is 10.0 Å². The maximum atomic E-state index is 11.8. The summed E-state index contributed by atoms with van der Waals surface area (Å²) in [4.78, 5) is 0.193. The number of sulfonamides is 1. The maximum absolute atomic E-state index is 11.8. The number of nitrogens with zero attached hydrogens (tertiary/aromatic N) is 1. The highest BCUT2D eigenvalue weighted by atomic mass is 32.2. The Bertz CT molecular complexity index is 512. The molecular formula is C10H11N3O2S. The number of nitriles is 1. The van der Waals surface area contributed by atoms with Crippen molar-refractivity contribution in [3.63, 3.8) is 0 Å². The molecule has 0 radical (unpaired) electrons. The molecule has 1 fully saturated rings. The van der Waals surface area contributed by atoms with E-state index in [1.54, 1.807) is 0 Å². The molecule has 0 spiro atoms. The second kappa shape index (κ2) is 4.22. The molecule has 0 bridgehead atoms. The van der Waals surface area contributed by atoms with Crippen molar-refractivity contribution < 1.29 is 8.42 Å². The number of rotatable bonds is 3. The first-order chi connectivity index (χ1) is 7.62. The third-order valence-electron chi connectivity index (χ3n) is 2.40. The first-order valence-corrected chi connectivity index (χ1v) is 6.33. The van der Waals surface area contributed by atoms with Gasteiger partial charge in [0, 0.05) is 19.1 Å². The Labute approximate surface area is 94.1 Å². The van der Waals surface area contributed by atoms with Crippen LogP contribution in [0.25, 0.3) is 0 Å². The van der Waals surface area contributed by atoms with Gasteiger partial charge in [0.15, 0.2) is 0 Å². The van der Waals surface area contributed by atoms with Gasteiger partial charge in [-0.25, -0.2) is 13.1 Å². The lowest BCUT2D eigenvalue weighted by molar-refractivity contribution is 0.410. The minimum atomic E-state index is -3.44. The lowest BCUT2D eigenvalue weighted by Crippen LogP contribution is -2.56. The Balaban J connectivity index is 2.18. The van der Waals surface area contributed by atoms with Crippen molar-refractivity contribution in [2.24, 2.45) is 0 Å². The molecule has 0 atom stereocenters.